The molecule has 0 spiro atoms. The maximum Gasteiger partial charge on any atom is 0.230 e. The summed E-state index contributed by atoms with van der Waals surface area (Å²) in [5.74, 6) is -0.550. The van der Waals surface area contributed by atoms with Crippen LogP contribution in [-0.2, 0) is 4.79 Å². The standard InChI is InChI=1S/C18H18BrNO2/c1-20(2)18(22)16(13-8-10-15(19)11-9-13)12-17(21)14-6-4-3-5-7-14/h3-11,16H,12H2,1-2H3/t16-/m0/s1. The number of amides is 1. The lowest BCUT2D eigenvalue weighted by atomic mass is 9.90. The summed E-state index contributed by atoms with van der Waals surface area (Å²) in [6, 6.07) is 16.6. The minimum Gasteiger partial charge on any atom is -0.348 e. The van der Waals surface area contributed by atoms with Crippen molar-refractivity contribution in [3.8, 4) is 0 Å². The fourth-order valence-corrected chi connectivity index (χ4v) is 2.55. The predicted octanol–water partition coefficient (Wildman–Crippen LogP) is 3.89. The van der Waals surface area contributed by atoms with Crippen molar-refractivity contribution in [2.75, 3.05) is 14.1 Å². The van der Waals surface area contributed by atoms with Crippen molar-refractivity contribution in [2.24, 2.45) is 0 Å². The van der Waals surface area contributed by atoms with Crippen LogP contribution in [0.4, 0.5) is 0 Å². The highest BCUT2D eigenvalue weighted by atomic mass is 79.9. The highest BCUT2D eigenvalue weighted by molar-refractivity contribution is 9.10. The Kier molecular flexibility index (Phi) is 5.50. The average molecular weight is 360 g/mol. The van der Waals surface area contributed by atoms with Gasteiger partial charge in [0.2, 0.25) is 5.91 Å². The molecule has 2 aromatic carbocycles. The number of benzene rings is 2. The second-order valence-corrected chi connectivity index (χ2v) is 6.25. The number of hydrogen-bond acceptors (Lipinski definition) is 2. The van der Waals surface area contributed by atoms with E-state index in [1.165, 1.54) is 4.90 Å². The van der Waals surface area contributed by atoms with Crippen molar-refractivity contribution in [3.63, 3.8) is 0 Å². The maximum atomic E-state index is 12.5. The van der Waals surface area contributed by atoms with Crippen LogP contribution < -0.4 is 0 Å². The number of Topliss-reactive ketones (excluding diaryl/α,β-unsaturated/α-hetero) is 1. The lowest BCUT2D eigenvalue weighted by Crippen LogP contribution is -2.29. The number of hydrogen-bond donors (Lipinski definition) is 0. The average Bonchev–Trinajstić information content (AvgIpc) is 2.53. The molecule has 0 aliphatic rings. The SMILES string of the molecule is CN(C)C(=O)[C@@H](CC(=O)c1ccccc1)c1ccc(Br)cc1. The number of rotatable bonds is 5. The molecule has 0 saturated heterocycles. The van der Waals surface area contributed by atoms with Crippen molar-refractivity contribution in [1.82, 2.24) is 4.90 Å². The van der Waals surface area contributed by atoms with Gasteiger partial charge in [0.05, 0.1) is 5.92 Å². The maximum absolute atomic E-state index is 12.5. The molecule has 0 N–H and O–H groups in total. The van der Waals surface area contributed by atoms with E-state index >= 15 is 0 Å². The van der Waals surface area contributed by atoms with Gasteiger partial charge < -0.3 is 4.90 Å². The zero-order valence-corrected chi connectivity index (χ0v) is 14.2. The molecule has 0 aliphatic carbocycles. The number of halogens is 1. The third-order valence-corrected chi connectivity index (χ3v) is 4.03. The van der Waals surface area contributed by atoms with Crippen LogP contribution in [0.15, 0.2) is 59.1 Å². The molecule has 114 valence electrons. The molecule has 2 rings (SSSR count). The van der Waals surface area contributed by atoms with Crippen LogP contribution in [0, 0.1) is 0 Å². The van der Waals surface area contributed by atoms with Gasteiger partial charge in [0.25, 0.3) is 0 Å². The summed E-state index contributed by atoms with van der Waals surface area (Å²) < 4.78 is 0.946. The fourth-order valence-electron chi connectivity index (χ4n) is 2.28. The van der Waals surface area contributed by atoms with Crippen LogP contribution >= 0.6 is 15.9 Å². The second kappa shape index (κ2) is 7.36. The first kappa shape index (κ1) is 16.4. The zero-order chi connectivity index (χ0) is 16.1. The molecule has 1 amide bonds. The van der Waals surface area contributed by atoms with E-state index in [1.807, 2.05) is 42.5 Å². The molecule has 0 fully saturated rings. The zero-order valence-electron chi connectivity index (χ0n) is 12.6. The quantitative estimate of drug-likeness (QED) is 0.759. The monoisotopic (exact) mass is 359 g/mol. The molecule has 0 saturated carbocycles. The Labute approximate surface area is 139 Å². The van der Waals surface area contributed by atoms with Crippen molar-refractivity contribution in [1.29, 1.82) is 0 Å². The van der Waals surface area contributed by atoms with Crippen LogP contribution in [0.5, 0.6) is 0 Å². The number of carbonyl (C=O) groups excluding carboxylic acids is 2. The molecule has 0 radical (unpaired) electrons. The normalized spacial score (nSPS) is 11.8. The van der Waals surface area contributed by atoms with Crippen LogP contribution in [0.25, 0.3) is 0 Å². The molecule has 0 bridgehead atoms. The molecular formula is C18H18BrNO2. The smallest absolute Gasteiger partial charge is 0.230 e. The van der Waals surface area contributed by atoms with Gasteiger partial charge >= 0.3 is 0 Å². The van der Waals surface area contributed by atoms with Crippen LogP contribution in [0.3, 0.4) is 0 Å². The van der Waals surface area contributed by atoms with Crippen molar-refractivity contribution < 1.29 is 9.59 Å². The molecule has 0 unspecified atom stereocenters. The number of nitrogens with zero attached hydrogens (tertiary/aromatic N) is 1. The van der Waals surface area contributed by atoms with E-state index in [9.17, 15) is 9.59 Å². The van der Waals surface area contributed by atoms with Gasteiger partial charge in [-0.1, -0.05) is 58.4 Å². The molecule has 22 heavy (non-hydrogen) atoms. The third kappa shape index (κ3) is 4.04. The first-order valence-electron chi connectivity index (χ1n) is 7.04. The van der Waals surface area contributed by atoms with Gasteiger partial charge in [-0.25, -0.2) is 0 Å². The minimum absolute atomic E-state index is 0.0243. The second-order valence-electron chi connectivity index (χ2n) is 5.33. The van der Waals surface area contributed by atoms with E-state index in [0.717, 1.165) is 10.0 Å². The van der Waals surface area contributed by atoms with Crippen LogP contribution in [0.2, 0.25) is 0 Å². The van der Waals surface area contributed by atoms with Crippen molar-refractivity contribution >= 4 is 27.6 Å². The summed E-state index contributed by atoms with van der Waals surface area (Å²) in [6.45, 7) is 0. The fraction of sp³-hybridized carbons (Fsp3) is 0.222. The molecule has 0 heterocycles. The van der Waals surface area contributed by atoms with Crippen LogP contribution in [0.1, 0.15) is 28.3 Å². The van der Waals surface area contributed by atoms with E-state index < -0.39 is 5.92 Å². The Balaban J connectivity index is 2.27. The van der Waals surface area contributed by atoms with Gasteiger partial charge in [-0.15, -0.1) is 0 Å². The topological polar surface area (TPSA) is 37.4 Å². The van der Waals surface area contributed by atoms with Gasteiger partial charge in [-0.3, -0.25) is 9.59 Å². The Bertz CT molecular complexity index is 651. The Morgan fingerprint density at radius 3 is 2.14 bits per heavy atom. The Hall–Kier alpha value is -1.94. The highest BCUT2D eigenvalue weighted by Gasteiger charge is 2.25. The molecule has 1 atom stereocenters. The summed E-state index contributed by atoms with van der Waals surface area (Å²) in [7, 11) is 3.42. The van der Waals surface area contributed by atoms with E-state index in [2.05, 4.69) is 15.9 Å². The van der Waals surface area contributed by atoms with Gasteiger partial charge in [-0.2, -0.15) is 0 Å². The van der Waals surface area contributed by atoms with E-state index in [4.69, 9.17) is 0 Å². The predicted molar refractivity (Wildman–Crippen MR) is 91.0 cm³/mol. The first-order valence-corrected chi connectivity index (χ1v) is 7.83. The Morgan fingerprint density at radius 1 is 1.00 bits per heavy atom. The lowest BCUT2D eigenvalue weighted by molar-refractivity contribution is -0.130. The molecule has 3 nitrogen and oxygen atoms in total. The summed E-state index contributed by atoms with van der Waals surface area (Å²) in [4.78, 5) is 26.4. The van der Waals surface area contributed by atoms with Gasteiger partial charge in [0, 0.05) is 30.6 Å². The molecule has 0 aliphatic heterocycles. The van der Waals surface area contributed by atoms with Gasteiger partial charge in [-0.05, 0) is 17.7 Å². The van der Waals surface area contributed by atoms with E-state index in [0.29, 0.717) is 5.56 Å². The largest absolute Gasteiger partial charge is 0.348 e. The summed E-state index contributed by atoms with van der Waals surface area (Å²) >= 11 is 3.39. The molecule has 2 aromatic rings. The molecular weight excluding hydrogens is 342 g/mol. The summed E-state index contributed by atoms with van der Waals surface area (Å²) in [6.07, 6.45) is 0.169. The number of ketones is 1. The van der Waals surface area contributed by atoms with Crippen molar-refractivity contribution in [2.45, 2.75) is 12.3 Å². The van der Waals surface area contributed by atoms with E-state index in [1.54, 1.807) is 26.2 Å². The molecule has 4 heteroatoms. The number of carbonyl (C=O) groups is 2. The highest BCUT2D eigenvalue weighted by Crippen LogP contribution is 2.25. The van der Waals surface area contributed by atoms with Gasteiger partial charge in [0.1, 0.15) is 0 Å². The van der Waals surface area contributed by atoms with Crippen molar-refractivity contribution in [3.05, 3.63) is 70.2 Å². The number of likely N-dealkylation sites (N-methyl/N-ethyl adjacent to an activating group) is 1. The van der Waals surface area contributed by atoms with Crippen LogP contribution in [-0.4, -0.2) is 30.7 Å². The van der Waals surface area contributed by atoms with Gasteiger partial charge in [0.15, 0.2) is 5.78 Å². The third-order valence-electron chi connectivity index (χ3n) is 3.50. The lowest BCUT2D eigenvalue weighted by Gasteiger charge is -2.20. The first-order chi connectivity index (χ1) is 10.5. The Morgan fingerprint density at radius 2 is 1.59 bits per heavy atom. The van der Waals surface area contributed by atoms with E-state index in [-0.39, 0.29) is 18.1 Å². The molecule has 0 aromatic heterocycles. The summed E-state index contributed by atoms with van der Waals surface area (Å²) in [5.41, 5.74) is 1.49. The summed E-state index contributed by atoms with van der Waals surface area (Å²) in [5, 5.41) is 0. The minimum atomic E-state index is -0.462.